The van der Waals surface area contributed by atoms with Crippen molar-refractivity contribution in [1.82, 2.24) is 0 Å². The van der Waals surface area contributed by atoms with Gasteiger partial charge in [-0.3, -0.25) is 0 Å². The Morgan fingerprint density at radius 2 is 1.90 bits per heavy atom. The van der Waals surface area contributed by atoms with Crippen LogP contribution < -0.4 is 0 Å². The van der Waals surface area contributed by atoms with Gasteiger partial charge in [0.2, 0.25) is 0 Å². The van der Waals surface area contributed by atoms with Gasteiger partial charge in [0, 0.05) is 0 Å². The molecule has 0 spiro atoms. The van der Waals surface area contributed by atoms with Crippen LogP contribution in [0.3, 0.4) is 0 Å². The van der Waals surface area contributed by atoms with Crippen molar-refractivity contribution in [3.05, 3.63) is 0 Å². The molecular weight excluding hydrogens is 160 g/mol. The molecule has 0 saturated carbocycles. The van der Waals surface area contributed by atoms with E-state index in [2.05, 4.69) is 32.8 Å². The van der Waals surface area contributed by atoms with Gasteiger partial charge in [0.15, 0.2) is 8.32 Å². The number of hydrogen-bond donors (Lipinski definition) is 0. The summed E-state index contributed by atoms with van der Waals surface area (Å²) in [5, 5.41) is 0. The van der Waals surface area contributed by atoms with Crippen LogP contribution in [0.4, 0.5) is 0 Å². The number of rotatable bonds is 4. The van der Waals surface area contributed by atoms with Gasteiger partial charge in [-0.15, -0.1) is 11.8 Å². The molecule has 0 heterocycles. The van der Waals surface area contributed by atoms with Gasteiger partial charge in [-0.2, -0.15) is 0 Å². The third-order valence-electron chi connectivity index (χ3n) is 1.08. The molecule has 0 saturated heterocycles. The van der Waals surface area contributed by atoms with E-state index in [9.17, 15) is 0 Å². The van der Waals surface area contributed by atoms with Crippen molar-refractivity contribution in [3.8, 4) is 0 Å². The summed E-state index contributed by atoms with van der Waals surface area (Å²) in [5.74, 6) is 0. The second-order valence-corrected chi connectivity index (χ2v) is 8.76. The van der Waals surface area contributed by atoms with Crippen molar-refractivity contribution in [1.29, 1.82) is 0 Å². The molecule has 0 N–H and O–H groups in total. The molecule has 0 amide bonds. The Kier molecular flexibility index (Phi) is 4.65. The average Bonchev–Trinajstić information content (AvgIpc) is 1.81. The summed E-state index contributed by atoms with van der Waals surface area (Å²) in [6.45, 7) is 8.85. The summed E-state index contributed by atoms with van der Waals surface area (Å²) < 4.78 is 5.84. The van der Waals surface area contributed by atoms with Gasteiger partial charge in [0.1, 0.15) is 0 Å². The second-order valence-electron chi connectivity index (χ2n) is 3.30. The maximum Gasteiger partial charge on any atom is 0.185 e. The Balaban J connectivity index is 3.63. The molecule has 0 aromatic carbocycles. The van der Waals surface area contributed by atoms with Crippen molar-refractivity contribution in [2.45, 2.75) is 38.4 Å². The SMILES string of the molecule is CCC(O[Si](C)(C)C)SC. The standard InChI is InChI=1S/C7H18OSSi/c1-6-7(9-2)8-10(3,4)5/h7H,6H2,1-5H3. The quantitative estimate of drug-likeness (QED) is 0.483. The molecule has 3 heteroatoms. The van der Waals surface area contributed by atoms with Gasteiger partial charge in [-0.1, -0.05) is 6.92 Å². The van der Waals surface area contributed by atoms with Gasteiger partial charge >= 0.3 is 0 Å². The summed E-state index contributed by atoms with van der Waals surface area (Å²) in [6, 6.07) is 0. The molecule has 0 aromatic rings. The maximum absolute atomic E-state index is 5.84. The van der Waals surface area contributed by atoms with Crippen LogP contribution in [0, 0.1) is 0 Å². The van der Waals surface area contributed by atoms with Gasteiger partial charge in [-0.25, -0.2) is 0 Å². The first-order valence-electron chi connectivity index (χ1n) is 3.70. The Labute approximate surface area is 69.7 Å². The summed E-state index contributed by atoms with van der Waals surface area (Å²) in [5.41, 5.74) is 0.423. The Bertz CT molecular complexity index is 86.1. The number of thioether (sulfide) groups is 1. The molecule has 1 nitrogen and oxygen atoms in total. The van der Waals surface area contributed by atoms with Crippen molar-refractivity contribution < 1.29 is 4.43 Å². The molecule has 0 aliphatic rings. The molecule has 0 radical (unpaired) electrons. The van der Waals surface area contributed by atoms with Crippen LogP contribution in [0.1, 0.15) is 13.3 Å². The average molecular weight is 178 g/mol. The lowest BCUT2D eigenvalue weighted by Gasteiger charge is -2.23. The normalized spacial score (nSPS) is 15.3. The Morgan fingerprint density at radius 3 is 2.00 bits per heavy atom. The summed E-state index contributed by atoms with van der Waals surface area (Å²) >= 11 is 1.81. The zero-order valence-electron chi connectivity index (χ0n) is 7.60. The van der Waals surface area contributed by atoms with Gasteiger partial charge in [0.05, 0.1) is 5.44 Å². The van der Waals surface area contributed by atoms with Gasteiger partial charge in [0.25, 0.3) is 0 Å². The number of hydrogen-bond acceptors (Lipinski definition) is 2. The van der Waals surface area contributed by atoms with Crippen LogP contribution in [0.15, 0.2) is 0 Å². The molecule has 62 valence electrons. The van der Waals surface area contributed by atoms with Crippen LogP contribution in [-0.2, 0) is 4.43 Å². The molecule has 10 heavy (non-hydrogen) atoms. The molecule has 0 aliphatic heterocycles. The molecule has 0 fully saturated rings. The molecule has 0 aromatic heterocycles. The Hall–Kier alpha value is 0.527. The van der Waals surface area contributed by atoms with Gasteiger partial charge in [-0.05, 0) is 32.3 Å². The van der Waals surface area contributed by atoms with Crippen LogP contribution in [-0.4, -0.2) is 20.0 Å². The van der Waals surface area contributed by atoms with Crippen LogP contribution in [0.2, 0.25) is 19.6 Å². The van der Waals surface area contributed by atoms with E-state index >= 15 is 0 Å². The van der Waals surface area contributed by atoms with E-state index in [0.29, 0.717) is 5.44 Å². The molecule has 1 atom stereocenters. The van der Waals surface area contributed by atoms with E-state index in [1.807, 2.05) is 11.8 Å². The largest absolute Gasteiger partial charge is 0.406 e. The fourth-order valence-electron chi connectivity index (χ4n) is 0.692. The first kappa shape index (κ1) is 10.5. The molecule has 0 rings (SSSR count). The van der Waals surface area contributed by atoms with Crippen molar-refractivity contribution in [2.24, 2.45) is 0 Å². The summed E-state index contributed by atoms with van der Waals surface area (Å²) in [6.07, 6.45) is 3.22. The minimum Gasteiger partial charge on any atom is -0.406 e. The molecule has 0 aliphatic carbocycles. The smallest absolute Gasteiger partial charge is 0.185 e. The highest BCUT2D eigenvalue weighted by molar-refractivity contribution is 7.99. The van der Waals surface area contributed by atoms with Crippen LogP contribution in [0.25, 0.3) is 0 Å². The minimum atomic E-state index is -1.28. The zero-order chi connectivity index (χ0) is 8.20. The van der Waals surface area contributed by atoms with Crippen molar-refractivity contribution in [3.63, 3.8) is 0 Å². The zero-order valence-corrected chi connectivity index (χ0v) is 9.42. The maximum atomic E-state index is 5.84. The lowest BCUT2D eigenvalue weighted by atomic mass is 10.5. The third kappa shape index (κ3) is 5.32. The van der Waals surface area contributed by atoms with Crippen molar-refractivity contribution >= 4 is 20.1 Å². The lowest BCUT2D eigenvalue weighted by molar-refractivity contribution is 0.277. The van der Waals surface area contributed by atoms with Crippen LogP contribution in [0.5, 0.6) is 0 Å². The topological polar surface area (TPSA) is 9.23 Å². The van der Waals surface area contributed by atoms with E-state index in [1.54, 1.807) is 0 Å². The fraction of sp³-hybridized carbons (Fsp3) is 1.00. The molecular formula is C7H18OSSi. The van der Waals surface area contributed by atoms with E-state index in [4.69, 9.17) is 4.43 Å². The highest BCUT2D eigenvalue weighted by atomic mass is 32.2. The molecule has 1 unspecified atom stereocenters. The third-order valence-corrected chi connectivity index (χ3v) is 3.20. The summed E-state index contributed by atoms with van der Waals surface area (Å²) in [4.78, 5) is 0. The van der Waals surface area contributed by atoms with E-state index in [1.165, 1.54) is 0 Å². The van der Waals surface area contributed by atoms with Crippen LogP contribution >= 0.6 is 11.8 Å². The first-order valence-corrected chi connectivity index (χ1v) is 8.40. The monoisotopic (exact) mass is 178 g/mol. The second kappa shape index (κ2) is 4.41. The highest BCUT2D eigenvalue weighted by Crippen LogP contribution is 2.17. The lowest BCUT2D eigenvalue weighted by Crippen LogP contribution is -2.29. The minimum absolute atomic E-state index is 0.423. The highest BCUT2D eigenvalue weighted by Gasteiger charge is 2.18. The molecule has 0 bridgehead atoms. The predicted octanol–water partition coefficient (Wildman–Crippen LogP) is 2.94. The van der Waals surface area contributed by atoms with Gasteiger partial charge < -0.3 is 4.43 Å². The van der Waals surface area contributed by atoms with E-state index in [0.717, 1.165) is 6.42 Å². The van der Waals surface area contributed by atoms with E-state index in [-0.39, 0.29) is 0 Å². The first-order chi connectivity index (χ1) is 4.49. The fourth-order valence-corrected chi connectivity index (χ4v) is 3.23. The van der Waals surface area contributed by atoms with E-state index < -0.39 is 8.32 Å². The van der Waals surface area contributed by atoms with Crippen molar-refractivity contribution in [2.75, 3.05) is 6.26 Å². The summed E-state index contributed by atoms with van der Waals surface area (Å²) in [7, 11) is -1.28. The Morgan fingerprint density at radius 1 is 1.40 bits per heavy atom. The predicted molar refractivity (Wildman–Crippen MR) is 52.0 cm³/mol.